The van der Waals surface area contributed by atoms with Gasteiger partial charge in [0, 0.05) is 17.9 Å². The lowest BCUT2D eigenvalue weighted by molar-refractivity contribution is -0.200. The van der Waals surface area contributed by atoms with Crippen molar-refractivity contribution >= 4 is 27.1 Å². The molecule has 0 bridgehead atoms. The third kappa shape index (κ3) is 4.28. The van der Waals surface area contributed by atoms with E-state index in [-0.39, 0.29) is 12.2 Å². The van der Waals surface area contributed by atoms with Gasteiger partial charge in [-0.3, -0.25) is 4.79 Å². The predicted molar refractivity (Wildman–Crippen MR) is 109 cm³/mol. The fourth-order valence-corrected chi connectivity index (χ4v) is 7.73. The standard InChI is InChI=1S/C20H25NO6S2/c22-18(21-27-19-7-1-3-11-26-19)14-20(10-2-4-13-29(20,23)24)17-9-8-16(28-17)15-6-5-12-25-15/h5-6,8-9,12,19H,1-4,7,10-11,13-14H2,(H,21,22)/t19?,20-/m0/s1. The molecule has 0 spiro atoms. The van der Waals surface area contributed by atoms with Gasteiger partial charge in [-0.05, 0) is 49.9 Å². The number of carbonyl (C=O) groups is 1. The van der Waals surface area contributed by atoms with Crippen LogP contribution in [-0.2, 0) is 29.0 Å². The summed E-state index contributed by atoms with van der Waals surface area (Å²) in [5, 5.41) is 0. The summed E-state index contributed by atoms with van der Waals surface area (Å²) in [5.41, 5.74) is 2.42. The fourth-order valence-electron chi connectivity index (χ4n) is 3.98. The summed E-state index contributed by atoms with van der Waals surface area (Å²) in [6.45, 7) is 0.601. The number of furan rings is 1. The lowest BCUT2D eigenvalue weighted by Gasteiger charge is -2.35. The summed E-state index contributed by atoms with van der Waals surface area (Å²) in [4.78, 5) is 19.6. The normalized spacial score (nSPS) is 26.8. The molecule has 1 unspecified atom stereocenters. The highest BCUT2D eigenvalue weighted by Crippen LogP contribution is 2.47. The molecular formula is C20H25NO6S2. The van der Waals surface area contributed by atoms with E-state index >= 15 is 0 Å². The van der Waals surface area contributed by atoms with Crippen LogP contribution in [0.1, 0.15) is 49.8 Å². The zero-order valence-corrected chi connectivity index (χ0v) is 17.7. The molecule has 1 N–H and O–H groups in total. The first-order valence-electron chi connectivity index (χ1n) is 9.93. The molecule has 0 radical (unpaired) electrons. The molecule has 2 fully saturated rings. The zero-order chi connectivity index (χ0) is 20.3. The third-order valence-electron chi connectivity index (χ3n) is 5.55. The largest absolute Gasteiger partial charge is 0.464 e. The fraction of sp³-hybridized carbons (Fsp3) is 0.550. The van der Waals surface area contributed by atoms with Gasteiger partial charge in [0.1, 0.15) is 10.5 Å². The van der Waals surface area contributed by atoms with Gasteiger partial charge < -0.3 is 9.15 Å². The SMILES string of the molecule is O=C(C[C@]1(c2ccc(-c3ccco3)s2)CCCCS1(=O)=O)NOC1CCCCO1. The van der Waals surface area contributed by atoms with Crippen LogP contribution in [0.3, 0.4) is 0 Å². The Balaban J connectivity index is 1.56. The molecule has 2 aliphatic rings. The molecule has 2 aliphatic heterocycles. The van der Waals surface area contributed by atoms with Crippen molar-refractivity contribution in [3.8, 4) is 10.6 Å². The highest BCUT2D eigenvalue weighted by molar-refractivity contribution is 7.92. The number of hydrogen-bond acceptors (Lipinski definition) is 7. The topological polar surface area (TPSA) is 94.8 Å². The van der Waals surface area contributed by atoms with Crippen molar-refractivity contribution in [3.05, 3.63) is 35.4 Å². The predicted octanol–water partition coefficient (Wildman–Crippen LogP) is 3.77. The van der Waals surface area contributed by atoms with E-state index in [0.29, 0.717) is 36.5 Å². The second kappa shape index (κ2) is 8.59. The van der Waals surface area contributed by atoms with Crippen LogP contribution in [-0.4, -0.2) is 33.0 Å². The number of sulfone groups is 1. The summed E-state index contributed by atoms with van der Waals surface area (Å²) in [6, 6.07) is 7.29. The van der Waals surface area contributed by atoms with E-state index in [1.54, 1.807) is 12.3 Å². The minimum absolute atomic E-state index is 0.0842. The first-order chi connectivity index (χ1) is 14.0. The number of amides is 1. The number of hydroxylamine groups is 1. The van der Waals surface area contributed by atoms with Crippen LogP contribution < -0.4 is 5.48 Å². The van der Waals surface area contributed by atoms with Gasteiger partial charge in [0.15, 0.2) is 16.1 Å². The second-order valence-electron chi connectivity index (χ2n) is 7.53. The van der Waals surface area contributed by atoms with E-state index in [1.807, 2.05) is 18.2 Å². The maximum Gasteiger partial charge on any atom is 0.245 e. The Labute approximate surface area is 174 Å². The van der Waals surface area contributed by atoms with Crippen molar-refractivity contribution in [2.24, 2.45) is 0 Å². The van der Waals surface area contributed by atoms with E-state index in [9.17, 15) is 13.2 Å². The molecule has 0 aromatic carbocycles. The minimum atomic E-state index is -3.50. The molecule has 4 heterocycles. The molecule has 7 nitrogen and oxygen atoms in total. The first-order valence-corrected chi connectivity index (χ1v) is 12.4. The molecular weight excluding hydrogens is 414 g/mol. The molecule has 2 aromatic rings. The Bertz CT molecular complexity index is 930. The minimum Gasteiger partial charge on any atom is -0.464 e. The first kappa shape index (κ1) is 20.6. The molecule has 9 heteroatoms. The maximum absolute atomic E-state index is 13.2. The number of rotatable bonds is 6. The smallest absolute Gasteiger partial charge is 0.245 e. The molecule has 29 heavy (non-hydrogen) atoms. The van der Waals surface area contributed by atoms with E-state index in [0.717, 1.165) is 24.1 Å². The summed E-state index contributed by atoms with van der Waals surface area (Å²) in [6.07, 6.45) is 5.40. The van der Waals surface area contributed by atoms with Crippen molar-refractivity contribution < 1.29 is 27.2 Å². The van der Waals surface area contributed by atoms with Gasteiger partial charge >= 0.3 is 0 Å². The lowest BCUT2D eigenvalue weighted by atomic mass is 9.94. The van der Waals surface area contributed by atoms with Crippen LogP contribution >= 0.6 is 11.3 Å². The Morgan fingerprint density at radius 2 is 2.14 bits per heavy atom. The van der Waals surface area contributed by atoms with E-state index in [4.69, 9.17) is 14.0 Å². The molecule has 1 amide bonds. The average molecular weight is 440 g/mol. The Kier molecular flexibility index (Phi) is 6.10. The lowest BCUT2D eigenvalue weighted by Crippen LogP contribution is -2.45. The van der Waals surface area contributed by atoms with Crippen molar-refractivity contribution in [2.75, 3.05) is 12.4 Å². The number of nitrogens with one attached hydrogen (secondary N) is 1. The van der Waals surface area contributed by atoms with Gasteiger partial charge in [-0.15, -0.1) is 11.3 Å². The van der Waals surface area contributed by atoms with Gasteiger partial charge in [-0.25, -0.2) is 18.7 Å². The summed E-state index contributed by atoms with van der Waals surface area (Å²) in [5.74, 6) is 0.324. The third-order valence-corrected chi connectivity index (χ3v) is 9.56. The maximum atomic E-state index is 13.2. The number of carbonyl (C=O) groups excluding carboxylic acids is 1. The molecule has 0 saturated carbocycles. The zero-order valence-electron chi connectivity index (χ0n) is 16.1. The van der Waals surface area contributed by atoms with E-state index < -0.39 is 26.8 Å². The van der Waals surface area contributed by atoms with Gasteiger partial charge in [-0.1, -0.05) is 6.42 Å². The second-order valence-corrected chi connectivity index (χ2v) is 11.0. The van der Waals surface area contributed by atoms with Crippen LogP contribution in [0, 0.1) is 0 Å². The van der Waals surface area contributed by atoms with Crippen molar-refractivity contribution in [3.63, 3.8) is 0 Å². The van der Waals surface area contributed by atoms with Crippen molar-refractivity contribution in [1.82, 2.24) is 5.48 Å². The summed E-state index contributed by atoms with van der Waals surface area (Å²) < 4.78 is 36.0. The van der Waals surface area contributed by atoms with Crippen molar-refractivity contribution in [2.45, 2.75) is 56.0 Å². The van der Waals surface area contributed by atoms with Crippen LogP contribution in [0.15, 0.2) is 34.9 Å². The van der Waals surface area contributed by atoms with E-state index in [2.05, 4.69) is 5.48 Å². The monoisotopic (exact) mass is 439 g/mol. The van der Waals surface area contributed by atoms with Gasteiger partial charge in [0.05, 0.1) is 23.3 Å². The van der Waals surface area contributed by atoms with Crippen molar-refractivity contribution in [1.29, 1.82) is 0 Å². The highest BCUT2D eigenvalue weighted by Gasteiger charge is 2.49. The van der Waals surface area contributed by atoms with Gasteiger partial charge in [0.25, 0.3) is 0 Å². The highest BCUT2D eigenvalue weighted by atomic mass is 32.2. The Morgan fingerprint density at radius 3 is 2.86 bits per heavy atom. The molecule has 4 rings (SSSR count). The quantitative estimate of drug-likeness (QED) is 0.689. The van der Waals surface area contributed by atoms with E-state index in [1.165, 1.54) is 11.3 Å². The molecule has 158 valence electrons. The number of ether oxygens (including phenoxy) is 1. The Hall–Kier alpha value is -1.68. The molecule has 2 saturated heterocycles. The molecule has 2 atom stereocenters. The Morgan fingerprint density at radius 1 is 1.24 bits per heavy atom. The van der Waals surface area contributed by atoms with Crippen LogP contribution in [0.25, 0.3) is 10.6 Å². The molecule has 0 aliphatic carbocycles. The van der Waals surface area contributed by atoms with Crippen LogP contribution in [0.5, 0.6) is 0 Å². The number of hydrogen-bond donors (Lipinski definition) is 1. The van der Waals surface area contributed by atoms with Crippen LogP contribution in [0.4, 0.5) is 0 Å². The van der Waals surface area contributed by atoms with Crippen LogP contribution in [0.2, 0.25) is 0 Å². The summed E-state index contributed by atoms with van der Waals surface area (Å²) >= 11 is 1.37. The molecule has 2 aromatic heterocycles. The van der Waals surface area contributed by atoms with Gasteiger partial charge in [-0.2, -0.15) is 0 Å². The summed E-state index contributed by atoms with van der Waals surface area (Å²) in [7, 11) is -3.50. The number of thiophene rings is 1. The van der Waals surface area contributed by atoms with Gasteiger partial charge in [0.2, 0.25) is 5.91 Å². The average Bonchev–Trinajstić information content (AvgIpc) is 3.40.